The molecule has 0 amide bonds. The lowest BCUT2D eigenvalue weighted by molar-refractivity contribution is -0.536. The predicted octanol–water partition coefficient (Wildman–Crippen LogP) is 6.17. The van der Waals surface area contributed by atoms with E-state index in [1.165, 1.54) is 16.7 Å². The van der Waals surface area contributed by atoms with Crippen molar-refractivity contribution in [2.45, 2.75) is 45.6 Å². The third-order valence-electron chi connectivity index (χ3n) is 4.68. The van der Waals surface area contributed by atoms with Gasteiger partial charge in [0, 0.05) is 23.8 Å². The Labute approximate surface area is 149 Å². The van der Waals surface area contributed by atoms with Crippen molar-refractivity contribution in [3.8, 4) is 6.07 Å². The van der Waals surface area contributed by atoms with Crippen LogP contribution in [-0.2, 0) is 0 Å². The molecular formula is C22H24N3+. The van der Waals surface area contributed by atoms with Crippen LogP contribution in [-0.4, -0.2) is 4.70 Å². The minimum atomic E-state index is 0.0601. The third kappa shape index (κ3) is 3.25. The van der Waals surface area contributed by atoms with Gasteiger partial charge in [0.15, 0.2) is 0 Å². The normalized spacial score (nSPS) is 16.4. The fraction of sp³-hybridized carbons (Fsp3) is 0.318. The summed E-state index contributed by atoms with van der Waals surface area (Å²) in [7, 11) is 0. The zero-order valence-corrected chi connectivity index (χ0v) is 15.3. The monoisotopic (exact) mass is 330 g/mol. The lowest BCUT2D eigenvalue weighted by Gasteiger charge is -2.21. The second-order valence-corrected chi connectivity index (χ2v) is 7.07. The van der Waals surface area contributed by atoms with Crippen LogP contribution in [0.4, 0.5) is 5.69 Å². The molecule has 3 heteroatoms. The van der Waals surface area contributed by atoms with E-state index >= 15 is 0 Å². The maximum Gasteiger partial charge on any atom is 0.234 e. The molecule has 0 N–H and O–H groups in total. The van der Waals surface area contributed by atoms with Crippen LogP contribution in [0, 0.1) is 11.3 Å². The van der Waals surface area contributed by atoms with Crippen LogP contribution in [0.25, 0.3) is 0 Å². The number of benzene rings is 2. The van der Waals surface area contributed by atoms with E-state index in [9.17, 15) is 5.26 Å². The Morgan fingerprint density at radius 1 is 1.00 bits per heavy atom. The number of rotatable bonds is 4. The quantitative estimate of drug-likeness (QED) is 0.618. The Kier molecular flexibility index (Phi) is 4.81. The number of nitrogens with zero attached hydrogens (tertiary/aromatic N) is 3. The van der Waals surface area contributed by atoms with Crippen molar-refractivity contribution in [3.63, 3.8) is 0 Å². The maximum absolute atomic E-state index is 9.21. The van der Waals surface area contributed by atoms with Crippen LogP contribution in [0.2, 0.25) is 0 Å². The molecular weight excluding hydrogens is 306 g/mol. The Hall–Kier alpha value is -2.73. The van der Waals surface area contributed by atoms with Crippen molar-refractivity contribution < 1.29 is 4.70 Å². The first-order chi connectivity index (χ1) is 12.0. The van der Waals surface area contributed by atoms with Gasteiger partial charge in [-0.05, 0) is 34.1 Å². The highest BCUT2D eigenvalue weighted by Crippen LogP contribution is 2.39. The summed E-state index contributed by atoms with van der Waals surface area (Å²) in [5, 5.41) is 13.8. The fourth-order valence-electron chi connectivity index (χ4n) is 3.46. The molecule has 3 nitrogen and oxygen atoms in total. The molecule has 0 saturated heterocycles. The summed E-state index contributed by atoms with van der Waals surface area (Å²) in [5.74, 6) is 0.880. The molecule has 1 atom stereocenters. The first kappa shape index (κ1) is 17.1. The molecule has 0 fully saturated rings. The van der Waals surface area contributed by atoms with Crippen LogP contribution in [0.5, 0.6) is 0 Å². The first-order valence-electron chi connectivity index (χ1n) is 8.82. The van der Waals surface area contributed by atoms with E-state index in [1.807, 2.05) is 35.2 Å². The van der Waals surface area contributed by atoms with Crippen molar-refractivity contribution in [2.75, 3.05) is 0 Å². The number of hydrogen-bond acceptors (Lipinski definition) is 2. The van der Waals surface area contributed by atoms with Crippen molar-refractivity contribution in [1.82, 2.24) is 0 Å². The van der Waals surface area contributed by atoms with Gasteiger partial charge < -0.3 is 0 Å². The lowest BCUT2D eigenvalue weighted by Crippen LogP contribution is -2.14. The van der Waals surface area contributed by atoms with Gasteiger partial charge in [-0.25, -0.2) is 0 Å². The lowest BCUT2D eigenvalue weighted by atomic mass is 9.85. The molecule has 1 heterocycles. The smallest absolute Gasteiger partial charge is 0.192 e. The largest absolute Gasteiger partial charge is 0.234 e. The summed E-state index contributed by atoms with van der Waals surface area (Å²) in [6, 6.07) is 16.5. The molecule has 0 aromatic heterocycles. The zero-order chi connectivity index (χ0) is 18.0. The van der Waals surface area contributed by atoms with Gasteiger partial charge in [0.25, 0.3) is 0 Å². The zero-order valence-electron chi connectivity index (χ0n) is 15.3. The van der Waals surface area contributed by atoms with Gasteiger partial charge in [-0.15, -0.1) is 0 Å². The summed E-state index contributed by atoms with van der Waals surface area (Å²) in [6.45, 7) is 8.94. The summed E-state index contributed by atoms with van der Waals surface area (Å²) in [6.07, 6.45) is 4.01. The van der Waals surface area contributed by atoms with E-state index in [0.29, 0.717) is 17.4 Å². The molecule has 2 aromatic carbocycles. The maximum atomic E-state index is 9.21. The SMILES string of the molecule is CC(C)c1cccc(C(C)C)c1C1C=CN=[N+]1c1cccc(C#N)c1. The van der Waals surface area contributed by atoms with E-state index in [2.05, 4.69) is 63.2 Å². The summed E-state index contributed by atoms with van der Waals surface area (Å²) < 4.78 is 2.02. The Morgan fingerprint density at radius 2 is 1.64 bits per heavy atom. The van der Waals surface area contributed by atoms with E-state index in [4.69, 9.17) is 0 Å². The highest BCUT2D eigenvalue weighted by Gasteiger charge is 2.33. The van der Waals surface area contributed by atoms with Crippen LogP contribution in [0.1, 0.15) is 67.8 Å². The molecule has 0 saturated carbocycles. The van der Waals surface area contributed by atoms with Crippen molar-refractivity contribution in [3.05, 3.63) is 77.0 Å². The van der Waals surface area contributed by atoms with Gasteiger partial charge in [0.05, 0.1) is 17.8 Å². The number of hydrogen-bond donors (Lipinski definition) is 0. The Balaban J connectivity index is 2.14. The Bertz CT molecular complexity index is 856. The molecule has 1 aliphatic heterocycles. The third-order valence-corrected chi connectivity index (χ3v) is 4.68. The predicted molar refractivity (Wildman–Crippen MR) is 100 cm³/mol. The van der Waals surface area contributed by atoms with E-state index in [-0.39, 0.29) is 6.04 Å². The van der Waals surface area contributed by atoms with Gasteiger partial charge in [-0.1, -0.05) is 56.7 Å². The standard InChI is InChI=1S/C22H24N3/c1-15(2)19-9-6-10-20(16(3)4)22(19)21-11-12-24-25(21)18-8-5-7-17(13-18)14-23/h5-13,15-16,21H,1-4H3/q+1. The summed E-state index contributed by atoms with van der Waals surface area (Å²) in [5.41, 5.74) is 5.66. The van der Waals surface area contributed by atoms with Crippen molar-refractivity contribution in [1.29, 1.82) is 5.26 Å². The molecule has 25 heavy (non-hydrogen) atoms. The molecule has 1 aliphatic rings. The number of azo groups is 2. The van der Waals surface area contributed by atoms with E-state index < -0.39 is 0 Å². The number of nitriles is 1. The van der Waals surface area contributed by atoms with Crippen molar-refractivity contribution in [2.24, 2.45) is 5.11 Å². The second kappa shape index (κ2) is 7.03. The highest BCUT2D eigenvalue weighted by atomic mass is 15.3. The minimum absolute atomic E-state index is 0.0601. The van der Waals surface area contributed by atoms with Crippen LogP contribution in [0.3, 0.4) is 0 Å². The second-order valence-electron chi connectivity index (χ2n) is 7.07. The van der Waals surface area contributed by atoms with Gasteiger partial charge in [-0.3, -0.25) is 0 Å². The van der Waals surface area contributed by atoms with Crippen LogP contribution >= 0.6 is 0 Å². The van der Waals surface area contributed by atoms with Crippen molar-refractivity contribution >= 4 is 5.69 Å². The first-order valence-corrected chi connectivity index (χ1v) is 8.82. The van der Waals surface area contributed by atoms with Crippen LogP contribution in [0.15, 0.2) is 59.9 Å². The molecule has 3 rings (SSSR count). The van der Waals surface area contributed by atoms with E-state index in [1.54, 1.807) is 0 Å². The van der Waals surface area contributed by atoms with Gasteiger partial charge in [0.1, 0.15) is 0 Å². The molecule has 126 valence electrons. The minimum Gasteiger partial charge on any atom is -0.192 e. The molecule has 0 radical (unpaired) electrons. The average molecular weight is 330 g/mol. The van der Waals surface area contributed by atoms with Gasteiger partial charge in [0.2, 0.25) is 11.7 Å². The van der Waals surface area contributed by atoms with Crippen LogP contribution < -0.4 is 0 Å². The molecule has 0 spiro atoms. The molecule has 0 bridgehead atoms. The fourth-order valence-corrected chi connectivity index (χ4v) is 3.46. The van der Waals surface area contributed by atoms with Gasteiger partial charge in [-0.2, -0.15) is 5.26 Å². The molecule has 2 aromatic rings. The topological polar surface area (TPSA) is 39.2 Å². The van der Waals surface area contributed by atoms with E-state index in [0.717, 1.165) is 5.69 Å². The molecule has 1 unspecified atom stereocenters. The Morgan fingerprint density at radius 3 is 2.24 bits per heavy atom. The molecule has 0 aliphatic carbocycles. The summed E-state index contributed by atoms with van der Waals surface area (Å²) >= 11 is 0. The average Bonchev–Trinajstić information content (AvgIpc) is 3.10. The van der Waals surface area contributed by atoms with Gasteiger partial charge >= 0.3 is 0 Å². The highest BCUT2D eigenvalue weighted by molar-refractivity contribution is 5.45. The summed E-state index contributed by atoms with van der Waals surface area (Å²) in [4.78, 5) is 0.